The van der Waals surface area contributed by atoms with Gasteiger partial charge < -0.3 is 8.82 Å². The van der Waals surface area contributed by atoms with Crippen LogP contribution in [-0.2, 0) is 5.41 Å². The zero-order chi connectivity index (χ0) is 24.2. The van der Waals surface area contributed by atoms with Gasteiger partial charge in [-0.3, -0.25) is 4.98 Å². The Labute approximate surface area is 207 Å². The van der Waals surface area contributed by atoms with Gasteiger partial charge in [0.05, 0.1) is 27.6 Å². The second kappa shape index (κ2) is 6.64. The summed E-state index contributed by atoms with van der Waals surface area (Å²) in [5, 5.41) is 7.47. The maximum atomic E-state index is 6.57. The van der Waals surface area contributed by atoms with E-state index in [-0.39, 0.29) is 5.41 Å². The van der Waals surface area contributed by atoms with Crippen molar-refractivity contribution in [3.63, 3.8) is 0 Å². The standard InChI is InChI=1S/C33H24N2O/c1-33(2,3)25-18-24-21-11-8-10-20-23-17-19(26-12-6-7-16-34-26)14-15-27(23)35(30(20)21)31(24)29-22-9-4-5-13-28(22)36-32(25)29/h4-18H,1-3H3. The quantitative estimate of drug-likeness (QED) is 0.242. The Morgan fingerprint density at radius 1 is 0.694 bits per heavy atom. The molecule has 8 rings (SSSR count). The number of para-hydroxylation sites is 2. The van der Waals surface area contributed by atoms with E-state index < -0.39 is 0 Å². The molecule has 0 atom stereocenters. The van der Waals surface area contributed by atoms with E-state index in [4.69, 9.17) is 4.42 Å². The van der Waals surface area contributed by atoms with Crippen LogP contribution in [0.25, 0.3) is 71.3 Å². The molecular formula is C33H24N2O. The molecule has 0 aliphatic heterocycles. The molecule has 4 heterocycles. The largest absolute Gasteiger partial charge is 0.456 e. The van der Waals surface area contributed by atoms with Gasteiger partial charge >= 0.3 is 0 Å². The Balaban J connectivity index is 1.63. The molecule has 0 N–H and O–H groups in total. The van der Waals surface area contributed by atoms with Gasteiger partial charge in [0.2, 0.25) is 0 Å². The Bertz CT molecular complexity index is 2120. The van der Waals surface area contributed by atoms with Gasteiger partial charge in [0.1, 0.15) is 11.2 Å². The molecule has 0 radical (unpaired) electrons. The number of hydrogen-bond donors (Lipinski definition) is 0. The molecule has 0 spiro atoms. The lowest BCUT2D eigenvalue weighted by molar-refractivity contribution is 0.573. The van der Waals surface area contributed by atoms with Crippen molar-refractivity contribution in [2.75, 3.05) is 0 Å². The van der Waals surface area contributed by atoms with Crippen LogP contribution in [0.5, 0.6) is 0 Å². The number of hydrogen-bond acceptors (Lipinski definition) is 2. The number of furan rings is 1. The summed E-state index contributed by atoms with van der Waals surface area (Å²) in [5.41, 5.74) is 8.98. The van der Waals surface area contributed by atoms with E-state index in [1.54, 1.807) is 0 Å². The zero-order valence-electron chi connectivity index (χ0n) is 20.5. The molecule has 0 saturated heterocycles. The first-order valence-corrected chi connectivity index (χ1v) is 12.5. The van der Waals surface area contributed by atoms with Crippen molar-refractivity contribution < 1.29 is 4.42 Å². The molecular weight excluding hydrogens is 440 g/mol. The molecule has 0 amide bonds. The van der Waals surface area contributed by atoms with Crippen LogP contribution in [0.3, 0.4) is 0 Å². The lowest BCUT2D eigenvalue weighted by atomic mass is 9.84. The van der Waals surface area contributed by atoms with E-state index in [1.165, 1.54) is 54.4 Å². The molecule has 8 aromatic rings. The molecule has 0 bridgehead atoms. The molecule has 3 heteroatoms. The Morgan fingerprint density at radius 3 is 2.28 bits per heavy atom. The van der Waals surface area contributed by atoms with E-state index in [1.807, 2.05) is 18.3 Å². The maximum absolute atomic E-state index is 6.57. The van der Waals surface area contributed by atoms with Crippen LogP contribution in [-0.4, -0.2) is 9.38 Å². The maximum Gasteiger partial charge on any atom is 0.141 e. The number of fused-ring (bicyclic) bond motifs is 10. The van der Waals surface area contributed by atoms with Crippen LogP contribution in [0, 0.1) is 0 Å². The van der Waals surface area contributed by atoms with Crippen molar-refractivity contribution in [1.29, 1.82) is 0 Å². The molecule has 0 saturated carbocycles. The highest BCUT2D eigenvalue weighted by Crippen LogP contribution is 2.47. The molecule has 3 nitrogen and oxygen atoms in total. The zero-order valence-corrected chi connectivity index (χ0v) is 20.5. The van der Waals surface area contributed by atoms with Gasteiger partial charge in [0, 0.05) is 44.3 Å². The second-order valence-corrected chi connectivity index (χ2v) is 10.9. The SMILES string of the molecule is CC(C)(C)c1cc2c3cccc4c5cc(-c6ccccn6)ccc5n(c43)c2c2c1oc1ccccc12. The summed E-state index contributed by atoms with van der Waals surface area (Å²) in [6.45, 7) is 6.81. The summed E-state index contributed by atoms with van der Waals surface area (Å²) < 4.78 is 9.04. The van der Waals surface area contributed by atoms with Crippen molar-refractivity contribution in [1.82, 2.24) is 9.38 Å². The lowest BCUT2D eigenvalue weighted by Crippen LogP contribution is -2.11. The fraction of sp³-hybridized carbons (Fsp3) is 0.121. The summed E-state index contributed by atoms with van der Waals surface area (Å²) in [5.74, 6) is 0. The summed E-state index contributed by atoms with van der Waals surface area (Å²) in [4.78, 5) is 4.59. The van der Waals surface area contributed by atoms with E-state index in [9.17, 15) is 0 Å². The highest BCUT2D eigenvalue weighted by Gasteiger charge is 2.27. The minimum absolute atomic E-state index is 0.0496. The Hall–Kier alpha value is -4.37. The number of rotatable bonds is 1. The highest BCUT2D eigenvalue weighted by atomic mass is 16.3. The Morgan fingerprint density at radius 2 is 1.47 bits per heavy atom. The number of nitrogens with zero attached hydrogens (tertiary/aromatic N) is 2. The smallest absolute Gasteiger partial charge is 0.141 e. The Kier molecular flexibility index (Phi) is 3.67. The molecule has 0 unspecified atom stereocenters. The van der Waals surface area contributed by atoms with E-state index >= 15 is 0 Å². The monoisotopic (exact) mass is 464 g/mol. The average Bonchev–Trinajstić information content (AvgIpc) is 3.54. The van der Waals surface area contributed by atoms with Crippen LogP contribution < -0.4 is 0 Å². The first-order chi connectivity index (χ1) is 17.5. The molecule has 4 aromatic heterocycles. The third-order valence-electron chi connectivity index (χ3n) is 7.69. The van der Waals surface area contributed by atoms with Gasteiger partial charge in [-0.2, -0.15) is 0 Å². The minimum Gasteiger partial charge on any atom is -0.456 e. The van der Waals surface area contributed by atoms with Crippen molar-refractivity contribution in [3.8, 4) is 11.3 Å². The average molecular weight is 465 g/mol. The van der Waals surface area contributed by atoms with Crippen molar-refractivity contribution in [2.45, 2.75) is 26.2 Å². The van der Waals surface area contributed by atoms with Gasteiger partial charge in [-0.1, -0.05) is 69.3 Å². The van der Waals surface area contributed by atoms with Crippen LogP contribution in [0.4, 0.5) is 0 Å². The van der Waals surface area contributed by atoms with Crippen molar-refractivity contribution in [3.05, 3.63) is 96.7 Å². The minimum atomic E-state index is -0.0496. The predicted molar refractivity (Wildman–Crippen MR) is 150 cm³/mol. The van der Waals surface area contributed by atoms with Crippen LogP contribution >= 0.6 is 0 Å². The molecule has 172 valence electrons. The predicted octanol–water partition coefficient (Wildman–Crippen LogP) is 9.10. The van der Waals surface area contributed by atoms with Gasteiger partial charge in [0.15, 0.2) is 0 Å². The number of benzene rings is 4. The first kappa shape index (κ1) is 19.9. The first-order valence-electron chi connectivity index (χ1n) is 12.5. The van der Waals surface area contributed by atoms with Crippen LogP contribution in [0.1, 0.15) is 26.3 Å². The highest BCUT2D eigenvalue weighted by molar-refractivity contribution is 6.30. The topological polar surface area (TPSA) is 30.4 Å². The van der Waals surface area contributed by atoms with Crippen LogP contribution in [0.15, 0.2) is 95.5 Å². The fourth-order valence-corrected chi connectivity index (χ4v) is 6.09. The molecule has 0 aliphatic carbocycles. The molecule has 0 fully saturated rings. The number of aromatic nitrogens is 2. The lowest BCUT2D eigenvalue weighted by Gasteiger charge is -2.19. The third kappa shape index (κ3) is 2.45. The van der Waals surface area contributed by atoms with Crippen molar-refractivity contribution in [2.24, 2.45) is 0 Å². The van der Waals surface area contributed by atoms with E-state index in [0.717, 1.165) is 22.4 Å². The van der Waals surface area contributed by atoms with Crippen LogP contribution in [0.2, 0.25) is 0 Å². The van der Waals surface area contributed by atoms with Gasteiger partial charge in [0.25, 0.3) is 0 Å². The van der Waals surface area contributed by atoms with Gasteiger partial charge in [-0.05, 0) is 41.8 Å². The molecule has 4 aromatic carbocycles. The molecule has 36 heavy (non-hydrogen) atoms. The van der Waals surface area contributed by atoms with Gasteiger partial charge in [-0.25, -0.2) is 0 Å². The van der Waals surface area contributed by atoms with Crippen molar-refractivity contribution >= 4 is 60.0 Å². The summed E-state index contributed by atoms with van der Waals surface area (Å²) in [6.07, 6.45) is 1.86. The number of pyridine rings is 1. The normalized spacial score (nSPS) is 12.9. The summed E-state index contributed by atoms with van der Waals surface area (Å²) >= 11 is 0. The third-order valence-corrected chi connectivity index (χ3v) is 7.69. The fourth-order valence-electron chi connectivity index (χ4n) is 6.09. The van der Waals surface area contributed by atoms with E-state index in [0.29, 0.717) is 0 Å². The summed E-state index contributed by atoms with van der Waals surface area (Å²) in [7, 11) is 0. The van der Waals surface area contributed by atoms with Gasteiger partial charge in [-0.15, -0.1) is 0 Å². The second-order valence-electron chi connectivity index (χ2n) is 10.9. The van der Waals surface area contributed by atoms with E-state index in [2.05, 4.69) is 103 Å². The molecule has 0 aliphatic rings. The summed E-state index contributed by atoms with van der Waals surface area (Å²) in [6, 6.07) is 30.3.